The molecule has 1 aromatic heterocycles. The van der Waals surface area contributed by atoms with Gasteiger partial charge in [0.05, 0.1) is 0 Å². The Morgan fingerprint density at radius 3 is 2.25 bits per heavy atom. The Morgan fingerprint density at radius 2 is 1.88 bits per heavy atom. The first-order valence-electron chi connectivity index (χ1n) is 4.81. The monoisotopic (exact) mass is 233 g/mol. The van der Waals surface area contributed by atoms with Gasteiger partial charge >= 0.3 is 29.6 Å². The summed E-state index contributed by atoms with van der Waals surface area (Å²) < 4.78 is 1.40. The SMILES string of the molecule is CC(C)c1c([O-])nc(N(C)C)n(C)c1=O.[Na+]. The zero-order valence-electron chi connectivity index (χ0n) is 10.7. The van der Waals surface area contributed by atoms with Gasteiger partial charge < -0.3 is 10.0 Å². The van der Waals surface area contributed by atoms with Crippen LogP contribution in [0.4, 0.5) is 5.95 Å². The first-order chi connectivity index (χ1) is 6.86. The molecule has 0 aliphatic rings. The van der Waals surface area contributed by atoms with Crippen molar-refractivity contribution >= 4 is 5.95 Å². The van der Waals surface area contributed by atoms with E-state index in [1.165, 1.54) is 4.57 Å². The van der Waals surface area contributed by atoms with Gasteiger partial charge in [-0.2, -0.15) is 0 Å². The first-order valence-corrected chi connectivity index (χ1v) is 4.81. The Morgan fingerprint density at radius 1 is 1.38 bits per heavy atom. The van der Waals surface area contributed by atoms with Crippen molar-refractivity contribution in [3.05, 3.63) is 15.9 Å². The van der Waals surface area contributed by atoms with Crippen molar-refractivity contribution in [2.24, 2.45) is 7.05 Å². The number of nitrogens with zero attached hydrogens (tertiary/aromatic N) is 3. The van der Waals surface area contributed by atoms with Crippen LogP contribution in [0.15, 0.2) is 4.79 Å². The number of aromatic nitrogens is 2. The second-order valence-electron chi connectivity index (χ2n) is 4.04. The van der Waals surface area contributed by atoms with Crippen LogP contribution < -0.4 is 45.1 Å². The molecule has 0 saturated carbocycles. The van der Waals surface area contributed by atoms with E-state index >= 15 is 0 Å². The number of hydrogen-bond donors (Lipinski definition) is 0. The third-order valence-electron chi connectivity index (χ3n) is 2.24. The number of anilines is 1. The molecule has 0 unspecified atom stereocenters. The van der Waals surface area contributed by atoms with Crippen molar-refractivity contribution in [1.82, 2.24) is 9.55 Å². The van der Waals surface area contributed by atoms with E-state index in [1.54, 1.807) is 26.0 Å². The third kappa shape index (κ3) is 2.78. The minimum atomic E-state index is -0.420. The summed E-state index contributed by atoms with van der Waals surface area (Å²) in [7, 11) is 5.11. The zero-order valence-corrected chi connectivity index (χ0v) is 12.7. The zero-order chi connectivity index (χ0) is 11.7. The molecule has 5 nitrogen and oxygen atoms in total. The fourth-order valence-corrected chi connectivity index (χ4v) is 1.48. The first kappa shape index (κ1) is 15.5. The van der Waals surface area contributed by atoms with Crippen LogP contribution in [0, 0.1) is 0 Å². The van der Waals surface area contributed by atoms with Crippen LogP contribution in [0.5, 0.6) is 5.88 Å². The van der Waals surface area contributed by atoms with Gasteiger partial charge in [0.2, 0.25) is 5.95 Å². The largest absolute Gasteiger partial charge is 1.00 e. The quantitative estimate of drug-likeness (QED) is 0.512. The van der Waals surface area contributed by atoms with Crippen molar-refractivity contribution in [2.75, 3.05) is 19.0 Å². The summed E-state index contributed by atoms with van der Waals surface area (Å²) in [5, 5.41) is 11.6. The molecule has 0 aliphatic carbocycles. The topological polar surface area (TPSA) is 61.2 Å². The van der Waals surface area contributed by atoms with E-state index in [-0.39, 0.29) is 46.6 Å². The van der Waals surface area contributed by atoms with Crippen molar-refractivity contribution in [3.63, 3.8) is 0 Å². The number of rotatable bonds is 2. The molecule has 84 valence electrons. The molecule has 0 spiro atoms. The molecule has 0 aliphatic heterocycles. The van der Waals surface area contributed by atoms with Gasteiger partial charge in [-0.3, -0.25) is 9.36 Å². The van der Waals surface area contributed by atoms with E-state index in [0.717, 1.165) is 0 Å². The molecule has 0 atom stereocenters. The summed E-state index contributed by atoms with van der Waals surface area (Å²) in [6, 6.07) is 0. The van der Waals surface area contributed by atoms with Crippen molar-refractivity contribution in [3.8, 4) is 5.88 Å². The fourth-order valence-electron chi connectivity index (χ4n) is 1.48. The van der Waals surface area contributed by atoms with E-state index < -0.39 is 5.88 Å². The van der Waals surface area contributed by atoms with E-state index in [9.17, 15) is 9.90 Å². The van der Waals surface area contributed by atoms with Crippen molar-refractivity contribution in [1.29, 1.82) is 0 Å². The summed E-state index contributed by atoms with van der Waals surface area (Å²) in [5.74, 6) is -0.133. The molecular formula is C10H16N3NaO2. The fraction of sp³-hybridized carbons (Fsp3) is 0.600. The maximum atomic E-state index is 11.9. The van der Waals surface area contributed by atoms with Crippen LogP contribution in [0.1, 0.15) is 25.3 Å². The van der Waals surface area contributed by atoms with Crippen LogP contribution >= 0.6 is 0 Å². The molecular weight excluding hydrogens is 217 g/mol. The van der Waals surface area contributed by atoms with Gasteiger partial charge in [0, 0.05) is 32.6 Å². The molecule has 0 bridgehead atoms. The van der Waals surface area contributed by atoms with Gasteiger partial charge in [-0.1, -0.05) is 13.8 Å². The van der Waals surface area contributed by atoms with Gasteiger partial charge in [-0.25, -0.2) is 4.98 Å². The smallest absolute Gasteiger partial charge is 0.858 e. The van der Waals surface area contributed by atoms with E-state index in [4.69, 9.17) is 0 Å². The molecule has 0 saturated heterocycles. The maximum Gasteiger partial charge on any atom is 1.00 e. The predicted molar refractivity (Wildman–Crippen MR) is 57.3 cm³/mol. The average Bonchev–Trinajstić information content (AvgIpc) is 2.10. The molecule has 1 aromatic rings. The molecule has 0 amide bonds. The van der Waals surface area contributed by atoms with Gasteiger partial charge in [0.25, 0.3) is 5.56 Å². The summed E-state index contributed by atoms with van der Waals surface area (Å²) in [6.07, 6.45) is 0. The second-order valence-corrected chi connectivity index (χ2v) is 4.04. The van der Waals surface area contributed by atoms with Crippen LogP contribution in [-0.2, 0) is 7.05 Å². The van der Waals surface area contributed by atoms with E-state index in [0.29, 0.717) is 5.95 Å². The Balaban J connectivity index is 0.00000225. The van der Waals surface area contributed by atoms with Gasteiger partial charge in [-0.15, -0.1) is 0 Å². The maximum absolute atomic E-state index is 11.9. The molecule has 0 N–H and O–H groups in total. The second kappa shape index (κ2) is 5.70. The van der Waals surface area contributed by atoms with E-state index in [2.05, 4.69) is 4.98 Å². The van der Waals surface area contributed by atoms with Crippen LogP contribution in [-0.4, -0.2) is 23.6 Å². The summed E-state index contributed by atoms with van der Waals surface area (Å²) >= 11 is 0. The van der Waals surface area contributed by atoms with Crippen LogP contribution in [0.2, 0.25) is 0 Å². The minimum Gasteiger partial charge on any atom is -0.858 e. The Bertz CT molecular complexity index is 427. The standard InChI is InChI=1S/C10H17N3O2.Na/c1-6(2)7-8(14)11-10(12(3)4)13(5)9(7)15;/h6,14H,1-5H3;/q;+1/p-1. The van der Waals surface area contributed by atoms with Gasteiger partial charge in [0.1, 0.15) is 0 Å². The molecule has 16 heavy (non-hydrogen) atoms. The molecule has 1 heterocycles. The minimum absolute atomic E-state index is 0. The molecule has 0 fully saturated rings. The van der Waals surface area contributed by atoms with Crippen molar-refractivity contribution < 1.29 is 34.7 Å². The van der Waals surface area contributed by atoms with Gasteiger partial charge in [-0.05, 0) is 5.92 Å². The van der Waals surface area contributed by atoms with Crippen LogP contribution in [0.25, 0.3) is 0 Å². The Labute approximate surface area is 117 Å². The average molecular weight is 233 g/mol. The Kier molecular flexibility index (Phi) is 5.52. The predicted octanol–water partition coefficient (Wildman–Crippen LogP) is -2.95. The molecule has 6 heteroatoms. The normalized spacial score (nSPS) is 10.1. The molecule has 0 aromatic carbocycles. The summed E-state index contributed by atoms with van der Waals surface area (Å²) in [5.41, 5.74) is -0.00296. The molecule has 1 rings (SSSR count). The van der Waals surface area contributed by atoms with Crippen LogP contribution in [0.3, 0.4) is 0 Å². The third-order valence-corrected chi connectivity index (χ3v) is 2.24. The summed E-state index contributed by atoms with van der Waals surface area (Å²) in [4.78, 5) is 17.4. The molecule has 0 radical (unpaired) electrons. The van der Waals surface area contributed by atoms with Gasteiger partial charge in [0.15, 0.2) is 0 Å². The van der Waals surface area contributed by atoms with Crippen molar-refractivity contribution in [2.45, 2.75) is 19.8 Å². The summed E-state index contributed by atoms with van der Waals surface area (Å²) in [6.45, 7) is 3.63. The van der Waals surface area contributed by atoms with E-state index in [1.807, 2.05) is 13.8 Å². The Hall–Kier alpha value is -0.520. The number of hydrogen-bond acceptors (Lipinski definition) is 4.